The van der Waals surface area contributed by atoms with E-state index in [4.69, 9.17) is 9.84 Å². The number of para-hydroxylation sites is 1. The van der Waals surface area contributed by atoms with Gasteiger partial charge in [-0.1, -0.05) is 24.3 Å². The van der Waals surface area contributed by atoms with Crippen molar-refractivity contribution in [3.8, 4) is 5.75 Å². The fourth-order valence-corrected chi connectivity index (χ4v) is 2.42. The molecule has 0 atom stereocenters. The molecule has 0 aliphatic rings. The van der Waals surface area contributed by atoms with Crippen LogP contribution in [0.5, 0.6) is 5.75 Å². The highest BCUT2D eigenvalue weighted by Crippen LogP contribution is 2.30. The Hall–Kier alpha value is -4.54. The fraction of sp³-hybridized carbons (Fsp3) is 0.0526. The highest BCUT2D eigenvalue weighted by molar-refractivity contribution is 5.88. The summed E-state index contributed by atoms with van der Waals surface area (Å²) in [6.07, 6.45) is 3.90. The summed E-state index contributed by atoms with van der Waals surface area (Å²) in [6, 6.07) is 7.70. The Morgan fingerprint density at radius 1 is 0.933 bits per heavy atom. The summed E-state index contributed by atoms with van der Waals surface area (Å²) in [5.74, 6) is -2.83. The lowest BCUT2D eigenvalue weighted by Crippen LogP contribution is -2.05. The van der Waals surface area contributed by atoms with E-state index >= 15 is 0 Å². The van der Waals surface area contributed by atoms with Gasteiger partial charge in [0.05, 0.1) is 15.4 Å². The Labute approximate surface area is 168 Å². The van der Waals surface area contributed by atoms with Gasteiger partial charge in [0.1, 0.15) is 6.61 Å². The third-order valence-corrected chi connectivity index (χ3v) is 3.79. The number of phenols is 1. The maximum atomic E-state index is 12.0. The maximum Gasteiger partial charge on any atom is 0.331 e. The van der Waals surface area contributed by atoms with E-state index in [1.807, 2.05) is 0 Å². The first-order valence-corrected chi connectivity index (χ1v) is 8.19. The Morgan fingerprint density at radius 2 is 1.50 bits per heavy atom. The third kappa shape index (κ3) is 5.48. The largest absolute Gasteiger partial charge is 0.502 e. The topological polar surface area (TPSA) is 170 Å². The van der Waals surface area contributed by atoms with E-state index in [1.165, 1.54) is 30.3 Å². The zero-order valence-corrected chi connectivity index (χ0v) is 15.1. The van der Waals surface area contributed by atoms with E-state index in [2.05, 4.69) is 0 Å². The first-order valence-electron chi connectivity index (χ1n) is 8.19. The number of rotatable bonds is 8. The Bertz CT molecular complexity index is 1070. The molecule has 0 amide bonds. The number of ether oxygens (including phenoxy) is 1. The second-order valence-corrected chi connectivity index (χ2v) is 5.69. The van der Waals surface area contributed by atoms with Crippen molar-refractivity contribution >= 4 is 35.5 Å². The van der Waals surface area contributed by atoms with E-state index in [-0.39, 0.29) is 22.4 Å². The van der Waals surface area contributed by atoms with Crippen LogP contribution in [-0.2, 0) is 20.9 Å². The number of carboxylic acid groups (broad SMARTS) is 1. The number of carbonyl (C=O) groups excluding carboxylic acids is 1. The molecule has 2 aromatic carbocycles. The molecule has 2 aromatic rings. The van der Waals surface area contributed by atoms with Gasteiger partial charge < -0.3 is 14.9 Å². The van der Waals surface area contributed by atoms with Crippen LogP contribution in [0.25, 0.3) is 12.2 Å². The van der Waals surface area contributed by atoms with Crippen LogP contribution in [0.1, 0.15) is 16.7 Å². The molecule has 0 heterocycles. The van der Waals surface area contributed by atoms with Gasteiger partial charge in [-0.15, -0.1) is 0 Å². The second kappa shape index (κ2) is 9.59. The third-order valence-electron chi connectivity index (χ3n) is 3.79. The van der Waals surface area contributed by atoms with Gasteiger partial charge in [0.2, 0.25) is 5.75 Å². The molecule has 11 nitrogen and oxygen atoms in total. The zero-order chi connectivity index (χ0) is 22.3. The number of carbonyl (C=O) groups is 2. The minimum absolute atomic E-state index is 0.00285. The molecular weight excluding hydrogens is 400 g/mol. The number of nitro groups is 2. The summed E-state index contributed by atoms with van der Waals surface area (Å²) in [5, 5.41) is 40.6. The molecule has 0 radical (unpaired) electrons. The number of hydrogen-bond donors (Lipinski definition) is 2. The van der Waals surface area contributed by atoms with Crippen LogP contribution in [0, 0.1) is 20.2 Å². The Kier molecular flexibility index (Phi) is 6.96. The summed E-state index contributed by atoms with van der Waals surface area (Å²) in [4.78, 5) is 43.2. The minimum Gasteiger partial charge on any atom is -0.502 e. The minimum atomic E-state index is -1.26. The summed E-state index contributed by atoms with van der Waals surface area (Å²) >= 11 is 0. The first-order chi connectivity index (χ1) is 14.2. The molecule has 11 heteroatoms. The number of nitrogens with zero attached hydrogens (tertiary/aromatic N) is 2. The Balaban J connectivity index is 2.21. The average molecular weight is 414 g/mol. The van der Waals surface area contributed by atoms with Gasteiger partial charge in [0, 0.05) is 29.8 Å². The number of aromatic hydroxyl groups is 1. The lowest BCUT2D eigenvalue weighted by atomic mass is 10.1. The number of phenolic OH excluding ortho intramolecular Hbond substituents is 1. The number of benzene rings is 2. The molecule has 0 aliphatic carbocycles. The van der Waals surface area contributed by atoms with Crippen LogP contribution in [0.15, 0.2) is 48.6 Å². The van der Waals surface area contributed by atoms with E-state index < -0.39 is 39.8 Å². The first kappa shape index (κ1) is 21.8. The molecule has 154 valence electrons. The standard InChI is InChI=1S/C19H14N2O9/c22-17(23)9-7-12-3-1-5-15(20(26)27)14(12)11-30-18(24)10-8-13-4-2-6-16(19(13)25)21(28)29/h1-10,25H,11H2,(H,22,23). The number of esters is 1. The van der Waals surface area contributed by atoms with Gasteiger partial charge >= 0.3 is 17.6 Å². The molecule has 0 spiro atoms. The van der Waals surface area contributed by atoms with Gasteiger partial charge in [0.25, 0.3) is 5.69 Å². The zero-order valence-electron chi connectivity index (χ0n) is 15.1. The molecule has 2 N–H and O–H groups in total. The molecule has 0 bridgehead atoms. The van der Waals surface area contributed by atoms with Crippen molar-refractivity contribution < 1.29 is 34.4 Å². The van der Waals surface area contributed by atoms with Gasteiger partial charge in [-0.3, -0.25) is 20.2 Å². The van der Waals surface area contributed by atoms with Crippen molar-refractivity contribution in [3.63, 3.8) is 0 Å². The molecule has 0 aliphatic heterocycles. The highest BCUT2D eigenvalue weighted by Gasteiger charge is 2.18. The van der Waals surface area contributed by atoms with Crippen molar-refractivity contribution in [3.05, 3.63) is 85.5 Å². The maximum absolute atomic E-state index is 12.0. The van der Waals surface area contributed by atoms with Crippen molar-refractivity contribution in [2.75, 3.05) is 0 Å². The van der Waals surface area contributed by atoms with Crippen molar-refractivity contribution in [2.45, 2.75) is 6.61 Å². The number of hydrogen-bond acceptors (Lipinski definition) is 8. The van der Waals surface area contributed by atoms with Crippen LogP contribution >= 0.6 is 0 Å². The van der Waals surface area contributed by atoms with Crippen molar-refractivity contribution in [2.24, 2.45) is 0 Å². The van der Waals surface area contributed by atoms with E-state index in [0.717, 1.165) is 30.4 Å². The molecule has 0 saturated heterocycles. The quantitative estimate of drug-likeness (QED) is 0.285. The van der Waals surface area contributed by atoms with Crippen molar-refractivity contribution in [1.29, 1.82) is 0 Å². The van der Waals surface area contributed by atoms with E-state index in [1.54, 1.807) is 0 Å². The summed E-state index contributed by atoms with van der Waals surface area (Å²) in [7, 11) is 0. The average Bonchev–Trinajstić information content (AvgIpc) is 2.69. The number of carboxylic acids is 1. The summed E-state index contributed by atoms with van der Waals surface area (Å²) in [5.41, 5.74) is -0.743. The predicted octanol–water partition coefficient (Wildman–Crippen LogP) is 3.06. The van der Waals surface area contributed by atoms with Gasteiger partial charge in [-0.25, -0.2) is 9.59 Å². The second-order valence-electron chi connectivity index (χ2n) is 5.69. The number of aliphatic carboxylic acids is 1. The molecule has 0 aromatic heterocycles. The van der Waals surface area contributed by atoms with Crippen molar-refractivity contribution in [1.82, 2.24) is 0 Å². The molecular formula is C19H14N2O9. The molecule has 30 heavy (non-hydrogen) atoms. The summed E-state index contributed by atoms with van der Waals surface area (Å²) in [6.45, 7) is -0.527. The van der Waals surface area contributed by atoms with Gasteiger partial charge in [-0.05, 0) is 17.7 Å². The predicted molar refractivity (Wildman–Crippen MR) is 103 cm³/mol. The monoisotopic (exact) mass is 414 g/mol. The van der Waals surface area contributed by atoms with E-state index in [0.29, 0.717) is 0 Å². The molecule has 2 rings (SSSR count). The normalized spacial score (nSPS) is 10.9. The van der Waals surface area contributed by atoms with Crippen LogP contribution < -0.4 is 0 Å². The lowest BCUT2D eigenvalue weighted by molar-refractivity contribution is -0.386. The van der Waals surface area contributed by atoms with Crippen LogP contribution in [-0.4, -0.2) is 32.0 Å². The Morgan fingerprint density at radius 3 is 2.10 bits per heavy atom. The van der Waals surface area contributed by atoms with Gasteiger partial charge in [-0.2, -0.15) is 0 Å². The van der Waals surface area contributed by atoms with Crippen LogP contribution in [0.3, 0.4) is 0 Å². The molecule has 0 unspecified atom stereocenters. The fourth-order valence-electron chi connectivity index (χ4n) is 2.42. The molecule has 0 saturated carbocycles. The van der Waals surface area contributed by atoms with Crippen LogP contribution in [0.4, 0.5) is 11.4 Å². The number of nitro benzene ring substituents is 2. The van der Waals surface area contributed by atoms with Crippen LogP contribution in [0.2, 0.25) is 0 Å². The smallest absolute Gasteiger partial charge is 0.331 e. The van der Waals surface area contributed by atoms with E-state index in [9.17, 15) is 34.9 Å². The SMILES string of the molecule is O=C(O)C=Cc1cccc([N+](=O)[O-])c1COC(=O)C=Cc1cccc([N+](=O)[O-])c1O. The molecule has 0 fully saturated rings. The summed E-state index contributed by atoms with van der Waals surface area (Å²) < 4.78 is 4.98. The van der Waals surface area contributed by atoms with Gasteiger partial charge in [0.15, 0.2) is 0 Å². The lowest BCUT2D eigenvalue weighted by Gasteiger charge is -2.07. The highest BCUT2D eigenvalue weighted by atomic mass is 16.6.